The van der Waals surface area contributed by atoms with Crippen molar-refractivity contribution in [3.8, 4) is 0 Å². The fourth-order valence-electron chi connectivity index (χ4n) is 1.80. The Morgan fingerprint density at radius 3 is 3.00 bits per heavy atom. The summed E-state index contributed by atoms with van der Waals surface area (Å²) in [5.74, 6) is 1.10. The molecule has 1 aliphatic heterocycles. The molecule has 0 aromatic carbocycles. The van der Waals surface area contributed by atoms with Gasteiger partial charge in [0.25, 0.3) is 0 Å². The summed E-state index contributed by atoms with van der Waals surface area (Å²) in [6.45, 7) is 2.59. The van der Waals surface area contributed by atoms with Crippen molar-refractivity contribution < 1.29 is 9.21 Å². The molecular weight excluding hydrogens is 196 g/mol. The molecule has 1 unspecified atom stereocenters. The minimum Gasteiger partial charge on any atom is -0.424 e. The fraction of sp³-hybridized carbons (Fsp3) is 0.667. The van der Waals surface area contributed by atoms with Gasteiger partial charge in [0.15, 0.2) is 0 Å². The second-order valence-electron chi connectivity index (χ2n) is 3.66. The molecule has 2 rings (SSSR count). The van der Waals surface area contributed by atoms with E-state index in [1.807, 2.05) is 0 Å². The molecule has 6 nitrogen and oxygen atoms in total. The number of hydrogen-bond donors (Lipinski definition) is 1. The van der Waals surface area contributed by atoms with Gasteiger partial charge < -0.3 is 15.1 Å². The Balaban J connectivity index is 2.06. The molecule has 6 heteroatoms. The third-order valence-corrected chi connectivity index (χ3v) is 2.60. The molecule has 82 valence electrons. The zero-order valence-corrected chi connectivity index (χ0v) is 8.64. The average Bonchev–Trinajstić information content (AvgIpc) is 2.76. The minimum atomic E-state index is 0.112. The number of carbonyl (C=O) groups excluding carboxylic acids is 1. The number of hydrogen-bond acceptors (Lipinski definition) is 5. The van der Waals surface area contributed by atoms with Crippen molar-refractivity contribution in [2.75, 3.05) is 6.54 Å². The van der Waals surface area contributed by atoms with Gasteiger partial charge in [-0.3, -0.25) is 4.79 Å². The van der Waals surface area contributed by atoms with Gasteiger partial charge >= 0.3 is 0 Å². The van der Waals surface area contributed by atoms with E-state index in [1.54, 1.807) is 11.8 Å². The molecule has 1 amide bonds. The van der Waals surface area contributed by atoms with Crippen molar-refractivity contribution in [3.63, 3.8) is 0 Å². The van der Waals surface area contributed by atoms with Crippen LogP contribution in [0, 0.1) is 6.92 Å². The van der Waals surface area contributed by atoms with Crippen LogP contribution in [0.4, 0.5) is 0 Å². The van der Waals surface area contributed by atoms with Crippen LogP contribution in [-0.4, -0.2) is 33.6 Å². The first kappa shape index (κ1) is 10.1. The quantitative estimate of drug-likeness (QED) is 0.748. The van der Waals surface area contributed by atoms with Gasteiger partial charge in [-0.2, -0.15) is 0 Å². The van der Waals surface area contributed by atoms with Crippen LogP contribution < -0.4 is 5.73 Å². The lowest BCUT2D eigenvalue weighted by molar-refractivity contribution is -0.129. The lowest BCUT2D eigenvalue weighted by Crippen LogP contribution is -2.37. The highest BCUT2D eigenvalue weighted by Gasteiger charge is 2.30. The molecular formula is C9H14N4O2. The number of carbonyl (C=O) groups is 1. The summed E-state index contributed by atoms with van der Waals surface area (Å²) < 4.78 is 5.23. The molecule has 1 aromatic rings. The summed E-state index contributed by atoms with van der Waals surface area (Å²) in [5, 5.41) is 7.58. The van der Waals surface area contributed by atoms with Gasteiger partial charge in [0.05, 0.1) is 6.54 Å². The Morgan fingerprint density at radius 1 is 1.60 bits per heavy atom. The van der Waals surface area contributed by atoms with Gasteiger partial charge in [0, 0.05) is 25.9 Å². The predicted octanol–water partition coefficient (Wildman–Crippen LogP) is -0.172. The first-order chi connectivity index (χ1) is 7.20. The van der Waals surface area contributed by atoms with Gasteiger partial charge in [0.2, 0.25) is 17.7 Å². The van der Waals surface area contributed by atoms with E-state index in [1.165, 1.54) is 0 Å². The maximum absolute atomic E-state index is 11.5. The highest BCUT2D eigenvalue weighted by Crippen LogP contribution is 2.20. The number of amides is 1. The van der Waals surface area contributed by atoms with Crippen LogP contribution in [-0.2, 0) is 11.3 Å². The van der Waals surface area contributed by atoms with Gasteiger partial charge in [-0.1, -0.05) is 0 Å². The Hall–Kier alpha value is -1.43. The molecule has 15 heavy (non-hydrogen) atoms. The van der Waals surface area contributed by atoms with Crippen molar-refractivity contribution >= 4 is 5.91 Å². The number of aromatic nitrogens is 2. The third kappa shape index (κ3) is 1.99. The van der Waals surface area contributed by atoms with Crippen LogP contribution in [0.3, 0.4) is 0 Å². The number of rotatable bonds is 3. The van der Waals surface area contributed by atoms with Gasteiger partial charge in [-0.25, -0.2) is 0 Å². The molecule has 2 N–H and O–H groups in total. The molecule has 1 aliphatic rings. The van der Waals surface area contributed by atoms with E-state index in [4.69, 9.17) is 10.2 Å². The van der Waals surface area contributed by atoms with Crippen LogP contribution in [0.5, 0.6) is 0 Å². The second kappa shape index (κ2) is 3.98. The SMILES string of the molecule is Cc1nnc(CN2C(=O)CCC2CN)o1. The van der Waals surface area contributed by atoms with E-state index >= 15 is 0 Å². The predicted molar refractivity (Wildman–Crippen MR) is 51.7 cm³/mol. The van der Waals surface area contributed by atoms with E-state index < -0.39 is 0 Å². The van der Waals surface area contributed by atoms with Crippen LogP contribution in [0.25, 0.3) is 0 Å². The van der Waals surface area contributed by atoms with E-state index in [0.717, 1.165) is 6.42 Å². The summed E-state index contributed by atoms with van der Waals surface area (Å²) in [6.07, 6.45) is 1.39. The molecule has 0 bridgehead atoms. The molecule has 0 spiro atoms. The lowest BCUT2D eigenvalue weighted by atomic mass is 10.2. The Bertz CT molecular complexity index is 363. The van der Waals surface area contributed by atoms with Crippen molar-refractivity contribution in [1.29, 1.82) is 0 Å². The zero-order chi connectivity index (χ0) is 10.8. The molecule has 0 radical (unpaired) electrons. The van der Waals surface area contributed by atoms with E-state index in [0.29, 0.717) is 31.3 Å². The summed E-state index contributed by atoms with van der Waals surface area (Å²) >= 11 is 0. The summed E-state index contributed by atoms with van der Waals surface area (Å²) in [5.41, 5.74) is 5.58. The fourth-order valence-corrected chi connectivity index (χ4v) is 1.80. The summed E-state index contributed by atoms with van der Waals surface area (Å²) in [4.78, 5) is 13.3. The maximum atomic E-state index is 11.5. The molecule has 1 atom stereocenters. The standard InChI is InChI=1S/C9H14N4O2/c1-6-11-12-8(15-6)5-13-7(4-10)2-3-9(13)14/h7H,2-5,10H2,1H3. The van der Waals surface area contributed by atoms with Crippen molar-refractivity contribution in [2.45, 2.75) is 32.4 Å². The van der Waals surface area contributed by atoms with Gasteiger partial charge in [0.1, 0.15) is 0 Å². The van der Waals surface area contributed by atoms with Crippen molar-refractivity contribution in [1.82, 2.24) is 15.1 Å². The Kier molecular flexibility index (Phi) is 2.68. The Morgan fingerprint density at radius 2 is 2.40 bits per heavy atom. The van der Waals surface area contributed by atoms with Crippen LogP contribution >= 0.6 is 0 Å². The molecule has 1 aromatic heterocycles. The van der Waals surface area contributed by atoms with Gasteiger partial charge in [-0.15, -0.1) is 10.2 Å². The largest absolute Gasteiger partial charge is 0.424 e. The van der Waals surface area contributed by atoms with Crippen LogP contribution in [0.1, 0.15) is 24.6 Å². The molecule has 1 saturated heterocycles. The minimum absolute atomic E-state index is 0.112. The smallest absolute Gasteiger partial charge is 0.235 e. The number of aryl methyl sites for hydroxylation is 1. The summed E-state index contributed by atoms with van der Waals surface area (Å²) in [7, 11) is 0. The van der Waals surface area contributed by atoms with E-state index in [-0.39, 0.29) is 11.9 Å². The van der Waals surface area contributed by atoms with E-state index in [9.17, 15) is 4.79 Å². The molecule has 2 heterocycles. The molecule has 0 aliphatic carbocycles. The average molecular weight is 210 g/mol. The third-order valence-electron chi connectivity index (χ3n) is 2.60. The van der Waals surface area contributed by atoms with Crippen molar-refractivity contribution in [2.24, 2.45) is 5.73 Å². The zero-order valence-electron chi connectivity index (χ0n) is 8.64. The molecule has 1 fully saturated rings. The Labute approximate surface area is 87.4 Å². The highest BCUT2D eigenvalue weighted by molar-refractivity contribution is 5.78. The monoisotopic (exact) mass is 210 g/mol. The topological polar surface area (TPSA) is 85.2 Å². The maximum Gasteiger partial charge on any atom is 0.235 e. The van der Waals surface area contributed by atoms with Crippen LogP contribution in [0.15, 0.2) is 4.42 Å². The molecule has 0 saturated carbocycles. The van der Waals surface area contributed by atoms with E-state index in [2.05, 4.69) is 10.2 Å². The van der Waals surface area contributed by atoms with Crippen LogP contribution in [0.2, 0.25) is 0 Å². The van der Waals surface area contributed by atoms with Crippen molar-refractivity contribution in [3.05, 3.63) is 11.8 Å². The second-order valence-corrected chi connectivity index (χ2v) is 3.66. The number of nitrogens with zero attached hydrogens (tertiary/aromatic N) is 3. The normalized spacial score (nSPS) is 21.3. The highest BCUT2D eigenvalue weighted by atomic mass is 16.4. The lowest BCUT2D eigenvalue weighted by Gasteiger charge is -2.21. The van der Waals surface area contributed by atoms with Gasteiger partial charge in [-0.05, 0) is 6.42 Å². The first-order valence-electron chi connectivity index (χ1n) is 4.99. The number of nitrogens with two attached hydrogens (primary N) is 1. The first-order valence-corrected chi connectivity index (χ1v) is 4.99. The summed E-state index contributed by atoms with van der Waals surface area (Å²) in [6, 6.07) is 0.115. The number of likely N-dealkylation sites (tertiary alicyclic amines) is 1.